The Kier molecular flexibility index (Phi) is 13.1. The highest BCUT2D eigenvalue weighted by Gasteiger charge is 2.64. The van der Waals surface area contributed by atoms with Crippen LogP contribution in [0.25, 0.3) is 0 Å². The molecule has 0 aliphatic heterocycles. The van der Waals surface area contributed by atoms with Crippen molar-refractivity contribution in [2.45, 2.75) is 111 Å². The molecule has 3 rings (SSSR count). The molecule has 2 saturated carbocycles. The molecule has 0 amide bonds. The smallest absolute Gasteiger partial charge is 0.432 e. The first-order valence-corrected chi connectivity index (χ1v) is 17.8. The molecule has 2 aliphatic carbocycles. The van der Waals surface area contributed by atoms with E-state index in [-0.39, 0.29) is 35.3 Å². The van der Waals surface area contributed by atoms with Gasteiger partial charge in [-0.3, -0.25) is 4.79 Å². The maximum Gasteiger partial charge on any atom is 0.432 e. The van der Waals surface area contributed by atoms with Gasteiger partial charge in [0.2, 0.25) is 0 Å². The summed E-state index contributed by atoms with van der Waals surface area (Å²) in [6.07, 6.45) is 0.00442. The second kappa shape index (κ2) is 15.6. The summed E-state index contributed by atoms with van der Waals surface area (Å²) in [6, 6.07) is 6.90. The summed E-state index contributed by atoms with van der Waals surface area (Å²) in [4.78, 5) is 28.8. The Hall–Kier alpha value is -2.13. The summed E-state index contributed by atoms with van der Waals surface area (Å²) in [5.41, 5.74) is -2.46. The van der Waals surface area contributed by atoms with E-state index < -0.39 is 41.2 Å². The molecule has 9 heteroatoms. The van der Waals surface area contributed by atoms with Crippen molar-refractivity contribution in [1.29, 1.82) is 0 Å². The number of benzene rings is 1. The second-order valence-electron chi connectivity index (χ2n) is 15.4. The van der Waals surface area contributed by atoms with E-state index in [4.69, 9.17) is 14.2 Å². The topological polar surface area (TPSA) is 61.8 Å². The number of carbonyl (C=O) groups is 2. The van der Waals surface area contributed by atoms with E-state index in [0.29, 0.717) is 24.3 Å². The average molecular weight is 728 g/mol. The number of hydrogen-bond acceptors (Lipinski definition) is 5. The van der Waals surface area contributed by atoms with Crippen LogP contribution in [0.2, 0.25) is 0 Å². The molecule has 0 heterocycles. The molecule has 0 bridgehead atoms. The van der Waals surface area contributed by atoms with Gasteiger partial charge in [0.1, 0.15) is 12.7 Å². The standard InChI is InChI=1S/C38H54BrF3O5/c1-24(2)20-29(26(4)23-46-33(43)35(5,6)7)32(21-25(3)30-17-18-31-27(22-39)14-13-19-36(30,31)8)47-34(44)37(45-9,38(40,41)42)28-15-11-10-12-16-28/h10-12,15-16,22,24-25,29-32H,4,13-14,17-21,23H2,1-3,5-9H3/b27-22+/t25-,29+,30-,31+,32+,36-,37-/m1/s1. The third-order valence-electron chi connectivity index (χ3n) is 10.6. The van der Waals surface area contributed by atoms with Crippen molar-refractivity contribution in [2.75, 3.05) is 13.7 Å². The van der Waals surface area contributed by atoms with Gasteiger partial charge in [-0.15, -0.1) is 0 Å². The monoisotopic (exact) mass is 726 g/mol. The van der Waals surface area contributed by atoms with Crippen molar-refractivity contribution in [3.05, 3.63) is 58.6 Å². The molecular weight excluding hydrogens is 673 g/mol. The normalized spacial score (nSPS) is 25.9. The van der Waals surface area contributed by atoms with Crippen LogP contribution in [0.4, 0.5) is 13.2 Å². The quantitative estimate of drug-likeness (QED) is 0.150. The fourth-order valence-corrected chi connectivity index (χ4v) is 8.70. The fraction of sp³-hybridized carbons (Fsp3) is 0.684. The van der Waals surface area contributed by atoms with Crippen LogP contribution in [-0.4, -0.2) is 37.9 Å². The minimum atomic E-state index is -5.10. The SMILES string of the molecule is C=C(COC(=O)C(C)(C)C)[C@H](CC(C)C)[C@H](C[C@@H](C)[C@H]1CC[C@H]2/C(=C/Br)CCC[C@]12C)OC(=O)[C@](OC)(c1ccccc1)C(F)(F)F. The lowest BCUT2D eigenvalue weighted by Crippen LogP contribution is -2.53. The number of carbonyl (C=O) groups excluding carboxylic acids is 2. The Morgan fingerprint density at radius 2 is 1.70 bits per heavy atom. The Morgan fingerprint density at radius 3 is 2.23 bits per heavy atom. The number of esters is 2. The number of methoxy groups -OCH3 is 1. The maximum atomic E-state index is 15.0. The highest BCUT2D eigenvalue weighted by molar-refractivity contribution is 9.11. The van der Waals surface area contributed by atoms with Crippen molar-refractivity contribution in [3.8, 4) is 0 Å². The van der Waals surface area contributed by atoms with Crippen molar-refractivity contribution >= 4 is 27.9 Å². The zero-order valence-corrected chi connectivity index (χ0v) is 30.9. The first-order valence-electron chi connectivity index (χ1n) is 16.9. The van der Waals surface area contributed by atoms with Crippen LogP contribution in [0.15, 0.2) is 53.0 Å². The molecule has 1 aromatic rings. The van der Waals surface area contributed by atoms with Crippen LogP contribution in [0.1, 0.15) is 99.0 Å². The summed E-state index contributed by atoms with van der Waals surface area (Å²) < 4.78 is 61.7. The van der Waals surface area contributed by atoms with E-state index in [2.05, 4.69) is 41.3 Å². The van der Waals surface area contributed by atoms with Gasteiger partial charge in [-0.25, -0.2) is 4.79 Å². The molecule has 0 spiro atoms. The van der Waals surface area contributed by atoms with Gasteiger partial charge in [0, 0.05) is 18.6 Å². The van der Waals surface area contributed by atoms with E-state index in [1.807, 2.05) is 13.8 Å². The zero-order chi connectivity index (χ0) is 35.4. The van der Waals surface area contributed by atoms with Gasteiger partial charge < -0.3 is 14.2 Å². The maximum absolute atomic E-state index is 15.0. The number of fused-ring (bicyclic) bond motifs is 1. The van der Waals surface area contributed by atoms with Gasteiger partial charge in [0.15, 0.2) is 0 Å². The van der Waals surface area contributed by atoms with Crippen molar-refractivity contribution in [1.82, 2.24) is 0 Å². The second-order valence-corrected chi connectivity index (χ2v) is 15.9. The molecule has 47 heavy (non-hydrogen) atoms. The summed E-state index contributed by atoms with van der Waals surface area (Å²) >= 11 is 3.58. The van der Waals surface area contributed by atoms with Crippen LogP contribution in [-0.2, 0) is 29.4 Å². The lowest BCUT2D eigenvalue weighted by atomic mass is 9.60. The Morgan fingerprint density at radius 1 is 1.06 bits per heavy atom. The van der Waals surface area contributed by atoms with Gasteiger partial charge in [-0.2, -0.15) is 13.2 Å². The Bertz CT molecular complexity index is 1270. The number of hydrogen-bond donors (Lipinski definition) is 0. The molecular formula is C38H54BrF3O5. The fourth-order valence-electron chi connectivity index (χ4n) is 8.15. The zero-order valence-electron chi connectivity index (χ0n) is 29.3. The molecule has 0 N–H and O–H groups in total. The Balaban J connectivity index is 2.05. The van der Waals surface area contributed by atoms with E-state index >= 15 is 0 Å². The number of allylic oxidation sites excluding steroid dienone is 1. The van der Waals surface area contributed by atoms with E-state index in [9.17, 15) is 22.8 Å². The molecule has 0 aromatic heterocycles. The van der Waals surface area contributed by atoms with Crippen LogP contribution >= 0.6 is 15.9 Å². The van der Waals surface area contributed by atoms with Gasteiger partial charge in [0.25, 0.3) is 5.60 Å². The third kappa shape index (κ3) is 8.55. The first-order chi connectivity index (χ1) is 21.8. The lowest BCUT2D eigenvalue weighted by Gasteiger charge is -2.45. The number of ether oxygens (including phenoxy) is 3. The summed E-state index contributed by atoms with van der Waals surface area (Å²) in [6.45, 7) is 17.8. The lowest BCUT2D eigenvalue weighted by molar-refractivity contribution is -0.279. The molecule has 7 atom stereocenters. The highest BCUT2D eigenvalue weighted by Crippen LogP contribution is 2.60. The Labute approximate surface area is 288 Å². The first kappa shape index (κ1) is 39.3. The van der Waals surface area contributed by atoms with E-state index in [0.717, 1.165) is 39.2 Å². The van der Waals surface area contributed by atoms with Crippen molar-refractivity contribution in [3.63, 3.8) is 0 Å². The number of halogens is 4. The predicted octanol–water partition coefficient (Wildman–Crippen LogP) is 10.3. The summed E-state index contributed by atoms with van der Waals surface area (Å²) in [7, 11) is 0.882. The largest absolute Gasteiger partial charge is 0.461 e. The highest BCUT2D eigenvalue weighted by atomic mass is 79.9. The molecule has 1 aromatic carbocycles. The molecule has 2 fully saturated rings. The van der Waals surface area contributed by atoms with Gasteiger partial charge in [-0.05, 0) is 105 Å². The molecule has 0 unspecified atom stereocenters. The molecule has 0 saturated heterocycles. The van der Waals surface area contributed by atoms with E-state index in [1.54, 1.807) is 26.8 Å². The molecule has 5 nitrogen and oxygen atoms in total. The minimum Gasteiger partial charge on any atom is -0.461 e. The summed E-state index contributed by atoms with van der Waals surface area (Å²) in [5, 5.41) is 0. The van der Waals surface area contributed by atoms with Gasteiger partial charge in [-0.1, -0.05) is 86.1 Å². The minimum absolute atomic E-state index is 0.0246. The summed E-state index contributed by atoms with van der Waals surface area (Å²) in [5.74, 6) is -1.64. The number of alkyl halides is 3. The number of rotatable bonds is 13. The van der Waals surface area contributed by atoms with Crippen LogP contribution in [0.3, 0.4) is 0 Å². The van der Waals surface area contributed by atoms with Crippen LogP contribution in [0.5, 0.6) is 0 Å². The third-order valence-corrected chi connectivity index (χ3v) is 11.2. The predicted molar refractivity (Wildman–Crippen MR) is 183 cm³/mol. The van der Waals surface area contributed by atoms with Gasteiger partial charge >= 0.3 is 18.1 Å². The molecule has 0 radical (unpaired) electrons. The molecule has 264 valence electrons. The average Bonchev–Trinajstić information content (AvgIpc) is 3.35. The van der Waals surface area contributed by atoms with E-state index in [1.165, 1.54) is 29.8 Å². The van der Waals surface area contributed by atoms with Crippen LogP contribution < -0.4 is 0 Å². The van der Waals surface area contributed by atoms with Crippen molar-refractivity contribution < 1.29 is 37.0 Å². The van der Waals surface area contributed by atoms with Crippen LogP contribution in [0, 0.1) is 40.4 Å². The van der Waals surface area contributed by atoms with Gasteiger partial charge in [0.05, 0.1) is 5.41 Å². The molecule has 2 aliphatic rings. The van der Waals surface area contributed by atoms with Crippen molar-refractivity contribution in [2.24, 2.45) is 40.4 Å².